The normalized spacial score (nSPS) is 15.0. The van der Waals surface area contributed by atoms with E-state index in [1.54, 1.807) is 25.1 Å². The molecule has 1 amide bonds. The lowest BCUT2D eigenvalue weighted by molar-refractivity contribution is -0.122. The maximum absolute atomic E-state index is 12.9. The van der Waals surface area contributed by atoms with Crippen molar-refractivity contribution >= 4 is 21.6 Å². The topological polar surface area (TPSA) is 94.2 Å². The molecule has 0 aliphatic carbocycles. The van der Waals surface area contributed by atoms with Crippen LogP contribution in [0.15, 0.2) is 42.5 Å². The van der Waals surface area contributed by atoms with E-state index in [4.69, 9.17) is 14.2 Å². The van der Waals surface area contributed by atoms with E-state index in [0.717, 1.165) is 21.9 Å². The molecule has 2 atom stereocenters. The van der Waals surface area contributed by atoms with Crippen LogP contribution in [0.1, 0.15) is 32.4 Å². The molecule has 0 spiro atoms. The first-order valence-corrected chi connectivity index (χ1v) is 12.0. The van der Waals surface area contributed by atoms with Gasteiger partial charge >= 0.3 is 0 Å². The van der Waals surface area contributed by atoms with E-state index >= 15 is 0 Å². The van der Waals surface area contributed by atoms with E-state index in [-0.39, 0.29) is 6.04 Å². The van der Waals surface area contributed by atoms with Gasteiger partial charge in [0, 0.05) is 6.07 Å². The number of benzene rings is 2. The molecule has 2 aromatic rings. The SMILES string of the molecule is CCOc1ccc([C@H](C)NC(=O)[C@H](C)N(c2ccc3c(c2)OCCO3)S(C)(=O)=O)cc1. The van der Waals surface area contributed by atoms with Gasteiger partial charge in [-0.1, -0.05) is 12.1 Å². The third-order valence-electron chi connectivity index (χ3n) is 4.92. The number of nitrogens with one attached hydrogen (secondary N) is 1. The molecule has 168 valence electrons. The monoisotopic (exact) mass is 448 g/mol. The molecule has 0 fully saturated rings. The number of nitrogens with zero attached hydrogens (tertiary/aromatic N) is 1. The van der Waals surface area contributed by atoms with E-state index in [9.17, 15) is 13.2 Å². The van der Waals surface area contributed by atoms with Crippen LogP contribution in [0.2, 0.25) is 0 Å². The van der Waals surface area contributed by atoms with Gasteiger partial charge in [-0.15, -0.1) is 0 Å². The van der Waals surface area contributed by atoms with Gasteiger partial charge in [-0.05, 0) is 50.6 Å². The molecule has 9 heteroatoms. The van der Waals surface area contributed by atoms with Gasteiger partial charge in [0.15, 0.2) is 11.5 Å². The van der Waals surface area contributed by atoms with Crippen LogP contribution in [-0.4, -0.2) is 46.4 Å². The van der Waals surface area contributed by atoms with Crippen molar-refractivity contribution in [2.45, 2.75) is 32.9 Å². The third-order valence-corrected chi connectivity index (χ3v) is 6.16. The zero-order valence-corrected chi connectivity index (χ0v) is 18.9. The quantitative estimate of drug-likeness (QED) is 0.667. The summed E-state index contributed by atoms with van der Waals surface area (Å²) < 4.78 is 42.7. The molecule has 1 aliphatic heterocycles. The van der Waals surface area contributed by atoms with Crippen molar-refractivity contribution in [2.24, 2.45) is 0 Å². The van der Waals surface area contributed by atoms with E-state index in [0.29, 0.717) is 37.0 Å². The van der Waals surface area contributed by atoms with Crippen LogP contribution in [0.25, 0.3) is 0 Å². The van der Waals surface area contributed by atoms with Crippen LogP contribution >= 0.6 is 0 Å². The van der Waals surface area contributed by atoms with Gasteiger partial charge in [-0.3, -0.25) is 9.10 Å². The summed E-state index contributed by atoms with van der Waals surface area (Å²) in [5, 5.41) is 2.89. The molecule has 31 heavy (non-hydrogen) atoms. The molecule has 1 N–H and O–H groups in total. The van der Waals surface area contributed by atoms with Crippen LogP contribution in [0.5, 0.6) is 17.2 Å². The number of rotatable bonds is 8. The second kappa shape index (κ2) is 9.47. The van der Waals surface area contributed by atoms with Gasteiger partial charge in [0.25, 0.3) is 0 Å². The summed E-state index contributed by atoms with van der Waals surface area (Å²) in [6, 6.07) is 11.0. The first-order chi connectivity index (χ1) is 14.7. The van der Waals surface area contributed by atoms with Gasteiger partial charge in [0.2, 0.25) is 15.9 Å². The third kappa shape index (κ3) is 5.41. The number of hydrogen-bond acceptors (Lipinski definition) is 6. The second-order valence-electron chi connectivity index (χ2n) is 7.30. The summed E-state index contributed by atoms with van der Waals surface area (Å²) in [6.45, 7) is 6.69. The summed E-state index contributed by atoms with van der Waals surface area (Å²) in [7, 11) is -3.74. The van der Waals surface area contributed by atoms with Crippen LogP contribution in [-0.2, 0) is 14.8 Å². The fourth-order valence-electron chi connectivity index (χ4n) is 3.41. The highest BCUT2D eigenvalue weighted by Gasteiger charge is 2.31. The van der Waals surface area contributed by atoms with Gasteiger partial charge in [-0.2, -0.15) is 0 Å². The summed E-state index contributed by atoms with van der Waals surface area (Å²) in [5.74, 6) is 1.33. The minimum Gasteiger partial charge on any atom is -0.494 e. The van der Waals surface area contributed by atoms with Crippen molar-refractivity contribution in [3.63, 3.8) is 0 Å². The summed E-state index contributed by atoms with van der Waals surface area (Å²) >= 11 is 0. The van der Waals surface area contributed by atoms with Crippen molar-refractivity contribution < 1.29 is 27.4 Å². The van der Waals surface area contributed by atoms with Crippen molar-refractivity contribution in [1.29, 1.82) is 0 Å². The second-order valence-corrected chi connectivity index (χ2v) is 9.15. The highest BCUT2D eigenvalue weighted by molar-refractivity contribution is 7.92. The number of anilines is 1. The van der Waals surface area contributed by atoms with Crippen molar-refractivity contribution in [1.82, 2.24) is 5.32 Å². The van der Waals surface area contributed by atoms with Crippen LogP contribution < -0.4 is 23.8 Å². The molecule has 0 saturated heterocycles. The number of fused-ring (bicyclic) bond motifs is 1. The molecular weight excluding hydrogens is 420 g/mol. The molecule has 0 unspecified atom stereocenters. The van der Waals surface area contributed by atoms with Gasteiger partial charge < -0.3 is 19.5 Å². The zero-order valence-electron chi connectivity index (χ0n) is 18.1. The van der Waals surface area contributed by atoms with Gasteiger partial charge in [0.05, 0.1) is 24.6 Å². The molecule has 0 saturated carbocycles. The zero-order chi connectivity index (χ0) is 22.6. The van der Waals surface area contributed by atoms with Gasteiger partial charge in [0.1, 0.15) is 25.0 Å². The Labute approximate surface area is 183 Å². The first kappa shape index (κ1) is 22.7. The fraction of sp³-hybridized carbons (Fsp3) is 0.409. The molecule has 8 nitrogen and oxygen atoms in total. The molecule has 1 heterocycles. The molecular formula is C22H28N2O6S. The van der Waals surface area contributed by atoms with E-state index < -0.39 is 22.0 Å². The number of sulfonamides is 1. The number of amides is 1. The Balaban J connectivity index is 1.78. The lowest BCUT2D eigenvalue weighted by Gasteiger charge is -2.30. The number of ether oxygens (including phenoxy) is 3. The standard InChI is InChI=1S/C22H28N2O6S/c1-5-28-19-9-6-17(7-10-19)15(2)23-22(25)16(3)24(31(4,26)27)18-8-11-20-21(14-18)30-13-12-29-20/h6-11,14-16H,5,12-13H2,1-4H3,(H,23,25)/t15-,16-/m0/s1. The lowest BCUT2D eigenvalue weighted by atomic mass is 10.1. The first-order valence-electron chi connectivity index (χ1n) is 10.1. The Hall–Kier alpha value is -2.94. The lowest BCUT2D eigenvalue weighted by Crippen LogP contribution is -2.48. The highest BCUT2D eigenvalue weighted by atomic mass is 32.2. The Morgan fingerprint density at radius 3 is 2.35 bits per heavy atom. The summed E-state index contributed by atoms with van der Waals surface area (Å²) in [5.41, 5.74) is 1.22. The van der Waals surface area contributed by atoms with Crippen molar-refractivity contribution in [2.75, 3.05) is 30.4 Å². The van der Waals surface area contributed by atoms with Gasteiger partial charge in [-0.25, -0.2) is 8.42 Å². The van der Waals surface area contributed by atoms with E-state index in [1.807, 2.05) is 38.1 Å². The van der Waals surface area contributed by atoms with Crippen LogP contribution in [0.3, 0.4) is 0 Å². The average molecular weight is 449 g/mol. The van der Waals surface area contributed by atoms with E-state index in [2.05, 4.69) is 5.32 Å². The maximum atomic E-state index is 12.9. The highest BCUT2D eigenvalue weighted by Crippen LogP contribution is 2.35. The largest absolute Gasteiger partial charge is 0.494 e. The van der Waals surface area contributed by atoms with Crippen molar-refractivity contribution in [3.05, 3.63) is 48.0 Å². The number of hydrogen-bond donors (Lipinski definition) is 1. The Bertz CT molecular complexity index is 1020. The Kier molecular flexibility index (Phi) is 6.94. The smallest absolute Gasteiger partial charge is 0.244 e. The van der Waals surface area contributed by atoms with Crippen LogP contribution in [0, 0.1) is 0 Å². The molecule has 0 bridgehead atoms. The van der Waals surface area contributed by atoms with E-state index in [1.165, 1.54) is 0 Å². The van der Waals surface area contributed by atoms with Crippen LogP contribution in [0.4, 0.5) is 5.69 Å². The Morgan fingerprint density at radius 1 is 1.10 bits per heavy atom. The molecule has 0 aromatic heterocycles. The Morgan fingerprint density at radius 2 is 1.74 bits per heavy atom. The molecule has 1 aliphatic rings. The summed E-state index contributed by atoms with van der Waals surface area (Å²) in [6.07, 6.45) is 1.07. The molecule has 0 radical (unpaired) electrons. The predicted molar refractivity (Wildman–Crippen MR) is 118 cm³/mol. The molecule has 2 aromatic carbocycles. The minimum absolute atomic E-state index is 0.313. The predicted octanol–water partition coefficient (Wildman–Crippen LogP) is 2.89. The van der Waals surface area contributed by atoms with Crippen molar-refractivity contribution in [3.8, 4) is 17.2 Å². The number of carbonyl (C=O) groups is 1. The average Bonchev–Trinajstić information content (AvgIpc) is 2.73. The minimum atomic E-state index is -3.74. The fourth-order valence-corrected chi connectivity index (χ4v) is 4.58. The summed E-state index contributed by atoms with van der Waals surface area (Å²) in [4.78, 5) is 12.9. The number of carbonyl (C=O) groups excluding carboxylic acids is 1. The maximum Gasteiger partial charge on any atom is 0.244 e. The molecule has 3 rings (SSSR count).